The van der Waals surface area contributed by atoms with Gasteiger partial charge in [-0.2, -0.15) is 0 Å². The number of aryl methyl sites for hydroxylation is 2. The molecule has 0 unspecified atom stereocenters. The maximum Gasteiger partial charge on any atom is 0.291 e. The van der Waals surface area contributed by atoms with E-state index < -0.39 is 0 Å². The van der Waals surface area contributed by atoms with Crippen molar-refractivity contribution in [3.05, 3.63) is 53.3 Å². The summed E-state index contributed by atoms with van der Waals surface area (Å²) in [4.78, 5) is 26.7. The molecule has 0 radical (unpaired) electrons. The highest BCUT2D eigenvalue weighted by molar-refractivity contribution is 6.07. The van der Waals surface area contributed by atoms with E-state index in [0.29, 0.717) is 35.9 Å². The van der Waals surface area contributed by atoms with Gasteiger partial charge in [0, 0.05) is 29.6 Å². The summed E-state index contributed by atoms with van der Waals surface area (Å²) in [5, 5.41) is 3.82. The zero-order valence-electron chi connectivity index (χ0n) is 16.2. The summed E-state index contributed by atoms with van der Waals surface area (Å²) in [6.45, 7) is 4.48. The molecule has 0 bridgehead atoms. The fraction of sp³-hybridized carbons (Fsp3) is 0.273. The van der Waals surface area contributed by atoms with Gasteiger partial charge in [0.25, 0.3) is 5.91 Å². The zero-order valence-corrected chi connectivity index (χ0v) is 16.2. The summed E-state index contributed by atoms with van der Waals surface area (Å²) in [6.07, 6.45) is 1.34. The summed E-state index contributed by atoms with van der Waals surface area (Å²) < 4.78 is 11.3. The number of amides is 2. The summed E-state index contributed by atoms with van der Waals surface area (Å²) in [6, 6.07) is 11.1. The van der Waals surface area contributed by atoms with Crippen LogP contribution in [0.2, 0.25) is 0 Å². The molecule has 6 nitrogen and oxygen atoms in total. The van der Waals surface area contributed by atoms with Crippen LogP contribution in [0, 0.1) is 13.8 Å². The lowest BCUT2D eigenvalue weighted by Gasteiger charge is -2.20. The predicted octanol–water partition coefficient (Wildman–Crippen LogP) is 4.44. The SMILES string of the molecule is COc1ccc(NC(=O)c2oc3c(C)cccc3c2C)cc1N1CCCC1=O. The third kappa shape index (κ3) is 3.01. The number of carbonyl (C=O) groups is 2. The van der Waals surface area contributed by atoms with E-state index in [1.807, 2.05) is 32.0 Å². The molecule has 3 aromatic rings. The molecule has 0 atom stereocenters. The minimum atomic E-state index is -0.322. The molecule has 1 aliphatic rings. The van der Waals surface area contributed by atoms with Crippen molar-refractivity contribution < 1.29 is 18.7 Å². The molecular formula is C22H22N2O4. The van der Waals surface area contributed by atoms with E-state index >= 15 is 0 Å². The minimum absolute atomic E-state index is 0.0605. The average molecular weight is 378 g/mol. The molecule has 6 heteroatoms. The summed E-state index contributed by atoms with van der Waals surface area (Å²) in [7, 11) is 1.57. The number of carbonyl (C=O) groups excluding carboxylic acids is 2. The Hall–Kier alpha value is -3.28. The molecule has 144 valence electrons. The molecule has 28 heavy (non-hydrogen) atoms. The molecule has 2 heterocycles. The fourth-order valence-corrected chi connectivity index (χ4v) is 3.67. The maximum absolute atomic E-state index is 12.9. The second kappa shape index (κ2) is 7.03. The Morgan fingerprint density at radius 3 is 2.71 bits per heavy atom. The van der Waals surface area contributed by atoms with Crippen molar-refractivity contribution >= 4 is 34.2 Å². The zero-order chi connectivity index (χ0) is 19.8. The van der Waals surface area contributed by atoms with Gasteiger partial charge in [0.1, 0.15) is 11.3 Å². The number of nitrogens with one attached hydrogen (secondary N) is 1. The molecule has 1 fully saturated rings. The lowest BCUT2D eigenvalue weighted by molar-refractivity contribution is -0.117. The van der Waals surface area contributed by atoms with E-state index in [0.717, 1.165) is 28.5 Å². The number of fused-ring (bicyclic) bond motifs is 1. The molecule has 0 saturated carbocycles. The number of ether oxygens (including phenoxy) is 1. The molecule has 2 amide bonds. The summed E-state index contributed by atoms with van der Waals surface area (Å²) >= 11 is 0. The topological polar surface area (TPSA) is 71.8 Å². The van der Waals surface area contributed by atoms with Crippen molar-refractivity contribution in [1.82, 2.24) is 0 Å². The summed E-state index contributed by atoms with van der Waals surface area (Å²) in [5.74, 6) is 0.630. The van der Waals surface area contributed by atoms with E-state index in [1.165, 1.54) is 0 Å². The largest absolute Gasteiger partial charge is 0.495 e. The van der Waals surface area contributed by atoms with E-state index in [-0.39, 0.29) is 11.8 Å². The highest BCUT2D eigenvalue weighted by Gasteiger charge is 2.25. The first-order chi connectivity index (χ1) is 13.5. The van der Waals surface area contributed by atoms with Crippen LogP contribution in [0.3, 0.4) is 0 Å². The van der Waals surface area contributed by atoms with Gasteiger partial charge in [0.2, 0.25) is 5.91 Å². The van der Waals surface area contributed by atoms with Crippen molar-refractivity contribution in [1.29, 1.82) is 0 Å². The van der Waals surface area contributed by atoms with Crippen LogP contribution in [0.5, 0.6) is 5.75 Å². The van der Waals surface area contributed by atoms with Gasteiger partial charge in [0.15, 0.2) is 5.76 Å². The smallest absolute Gasteiger partial charge is 0.291 e. The van der Waals surface area contributed by atoms with Crippen LogP contribution in [0.4, 0.5) is 11.4 Å². The molecule has 2 aromatic carbocycles. The molecule has 0 aliphatic carbocycles. The maximum atomic E-state index is 12.9. The molecule has 1 aromatic heterocycles. The van der Waals surface area contributed by atoms with Crippen LogP contribution in [0.25, 0.3) is 11.0 Å². The van der Waals surface area contributed by atoms with Gasteiger partial charge in [-0.1, -0.05) is 18.2 Å². The van der Waals surface area contributed by atoms with Gasteiger partial charge in [-0.15, -0.1) is 0 Å². The van der Waals surface area contributed by atoms with Crippen molar-refractivity contribution in [3.8, 4) is 5.75 Å². The highest BCUT2D eigenvalue weighted by Crippen LogP contribution is 2.34. The van der Waals surface area contributed by atoms with Gasteiger partial charge >= 0.3 is 0 Å². The molecule has 1 aliphatic heterocycles. The van der Waals surface area contributed by atoms with Crippen LogP contribution in [0.15, 0.2) is 40.8 Å². The van der Waals surface area contributed by atoms with E-state index in [4.69, 9.17) is 9.15 Å². The van der Waals surface area contributed by atoms with E-state index in [1.54, 1.807) is 30.2 Å². The normalized spacial score (nSPS) is 14.0. The number of benzene rings is 2. The first-order valence-corrected chi connectivity index (χ1v) is 9.28. The second-order valence-electron chi connectivity index (χ2n) is 7.00. The van der Waals surface area contributed by atoms with Crippen LogP contribution >= 0.6 is 0 Å². The van der Waals surface area contributed by atoms with Gasteiger partial charge in [0.05, 0.1) is 12.8 Å². The number of rotatable bonds is 4. The number of methoxy groups -OCH3 is 1. The van der Waals surface area contributed by atoms with Gasteiger partial charge in [-0.25, -0.2) is 0 Å². The standard InChI is InChI=1S/C22H22N2O4/c1-13-6-4-7-16-14(2)21(28-20(13)16)22(26)23-15-9-10-18(27-3)17(12-15)24-11-5-8-19(24)25/h4,6-7,9-10,12H,5,8,11H2,1-3H3,(H,23,26). The Labute approximate surface area is 163 Å². The van der Waals surface area contributed by atoms with Gasteiger partial charge in [-0.3, -0.25) is 9.59 Å². The van der Waals surface area contributed by atoms with E-state index in [2.05, 4.69) is 5.32 Å². The molecule has 1 N–H and O–H groups in total. The second-order valence-corrected chi connectivity index (χ2v) is 7.00. The minimum Gasteiger partial charge on any atom is -0.495 e. The number of anilines is 2. The third-order valence-corrected chi connectivity index (χ3v) is 5.17. The first kappa shape index (κ1) is 18.1. The van der Waals surface area contributed by atoms with Gasteiger partial charge < -0.3 is 19.4 Å². The van der Waals surface area contributed by atoms with Crippen LogP contribution in [-0.4, -0.2) is 25.5 Å². The molecule has 1 saturated heterocycles. The Morgan fingerprint density at radius 2 is 2.04 bits per heavy atom. The number of nitrogens with zero attached hydrogens (tertiary/aromatic N) is 1. The first-order valence-electron chi connectivity index (χ1n) is 9.28. The Morgan fingerprint density at radius 1 is 1.21 bits per heavy atom. The lowest BCUT2D eigenvalue weighted by Crippen LogP contribution is -2.24. The molecule has 0 spiro atoms. The average Bonchev–Trinajstić information content (AvgIpc) is 3.26. The van der Waals surface area contributed by atoms with Crippen LogP contribution in [0.1, 0.15) is 34.5 Å². The fourth-order valence-electron chi connectivity index (χ4n) is 3.67. The Balaban J connectivity index is 1.66. The number of para-hydroxylation sites is 1. The summed E-state index contributed by atoms with van der Waals surface area (Å²) in [5.41, 5.74) is 3.76. The Kier molecular flexibility index (Phi) is 4.55. The number of hydrogen-bond donors (Lipinski definition) is 1. The highest BCUT2D eigenvalue weighted by atomic mass is 16.5. The van der Waals surface area contributed by atoms with Gasteiger partial charge in [-0.05, 0) is 44.0 Å². The van der Waals surface area contributed by atoms with E-state index in [9.17, 15) is 9.59 Å². The molecule has 4 rings (SSSR count). The number of hydrogen-bond acceptors (Lipinski definition) is 4. The van der Waals surface area contributed by atoms with Crippen LogP contribution in [-0.2, 0) is 4.79 Å². The van der Waals surface area contributed by atoms with Crippen molar-refractivity contribution in [3.63, 3.8) is 0 Å². The van der Waals surface area contributed by atoms with Crippen molar-refractivity contribution in [2.75, 3.05) is 23.9 Å². The third-order valence-electron chi connectivity index (χ3n) is 5.17. The Bertz CT molecular complexity index is 1080. The van der Waals surface area contributed by atoms with Crippen LogP contribution < -0.4 is 15.0 Å². The molecular weight excluding hydrogens is 356 g/mol. The quantitative estimate of drug-likeness (QED) is 0.729. The van der Waals surface area contributed by atoms with Crippen molar-refractivity contribution in [2.45, 2.75) is 26.7 Å². The van der Waals surface area contributed by atoms with Crippen molar-refractivity contribution in [2.24, 2.45) is 0 Å². The lowest BCUT2D eigenvalue weighted by atomic mass is 10.1. The number of furan rings is 1. The predicted molar refractivity (Wildman–Crippen MR) is 108 cm³/mol. The monoisotopic (exact) mass is 378 g/mol.